The lowest BCUT2D eigenvalue weighted by Gasteiger charge is -2.37. The highest BCUT2D eigenvalue weighted by atomic mass is 16.2. The largest absolute Gasteiger partial charge is 0.341 e. The van der Waals surface area contributed by atoms with Gasteiger partial charge in [-0.05, 0) is 31.2 Å². The van der Waals surface area contributed by atoms with Crippen LogP contribution in [0.25, 0.3) is 0 Å². The fraction of sp³-hybridized carbons (Fsp3) is 0.562. The van der Waals surface area contributed by atoms with Gasteiger partial charge in [-0.3, -0.25) is 4.79 Å². The summed E-state index contributed by atoms with van der Waals surface area (Å²) in [6.45, 7) is 5.71. The molecule has 0 aliphatic carbocycles. The monoisotopic (exact) mass is 260 g/mol. The number of nitrogens with zero attached hydrogens (tertiary/aromatic N) is 1. The molecular weight excluding hydrogens is 236 g/mol. The third kappa shape index (κ3) is 2.98. The number of rotatable bonds is 3. The Balaban J connectivity index is 2.14. The number of benzene rings is 1. The molecule has 0 saturated carbocycles. The average Bonchev–Trinajstić information content (AvgIpc) is 2.47. The van der Waals surface area contributed by atoms with Crippen LogP contribution in [0.1, 0.15) is 38.7 Å². The van der Waals surface area contributed by atoms with Crippen molar-refractivity contribution in [2.24, 2.45) is 11.7 Å². The van der Waals surface area contributed by atoms with E-state index in [0.29, 0.717) is 5.92 Å². The van der Waals surface area contributed by atoms with Crippen LogP contribution in [0.2, 0.25) is 0 Å². The molecule has 1 aromatic rings. The third-order valence-electron chi connectivity index (χ3n) is 4.20. The van der Waals surface area contributed by atoms with E-state index in [1.165, 1.54) is 6.42 Å². The van der Waals surface area contributed by atoms with Gasteiger partial charge < -0.3 is 10.6 Å². The van der Waals surface area contributed by atoms with E-state index in [9.17, 15) is 4.79 Å². The van der Waals surface area contributed by atoms with E-state index >= 15 is 0 Å². The summed E-state index contributed by atoms with van der Waals surface area (Å²) in [5.74, 6) is 0.682. The first kappa shape index (κ1) is 14.1. The molecule has 0 spiro atoms. The van der Waals surface area contributed by atoms with E-state index in [1.807, 2.05) is 42.2 Å². The van der Waals surface area contributed by atoms with Gasteiger partial charge in [-0.15, -0.1) is 0 Å². The lowest BCUT2D eigenvalue weighted by atomic mass is 9.89. The number of hydrogen-bond acceptors (Lipinski definition) is 2. The fourth-order valence-corrected chi connectivity index (χ4v) is 2.82. The zero-order valence-corrected chi connectivity index (χ0v) is 11.9. The van der Waals surface area contributed by atoms with Crippen molar-refractivity contribution in [3.8, 4) is 0 Å². The molecule has 3 nitrogen and oxygen atoms in total. The van der Waals surface area contributed by atoms with E-state index in [1.54, 1.807) is 0 Å². The molecule has 1 fully saturated rings. The number of amides is 1. The molecule has 1 aliphatic rings. The molecule has 19 heavy (non-hydrogen) atoms. The van der Waals surface area contributed by atoms with Crippen LogP contribution in [0.15, 0.2) is 30.3 Å². The molecule has 2 N–H and O–H groups in total. The van der Waals surface area contributed by atoms with Gasteiger partial charge >= 0.3 is 0 Å². The minimum absolute atomic E-state index is 0.0526. The van der Waals surface area contributed by atoms with E-state index in [2.05, 4.69) is 6.92 Å². The fourth-order valence-electron chi connectivity index (χ4n) is 2.82. The smallest absolute Gasteiger partial charge is 0.246 e. The SMILES string of the molecule is CCC1CCCN(C(=O)C(C)(N)c2ccccc2)C1. The zero-order chi connectivity index (χ0) is 13.9. The highest BCUT2D eigenvalue weighted by Crippen LogP contribution is 2.25. The molecule has 104 valence electrons. The number of carbonyl (C=O) groups excluding carboxylic acids is 1. The number of likely N-dealkylation sites (tertiary alicyclic amines) is 1. The van der Waals surface area contributed by atoms with Crippen LogP contribution < -0.4 is 5.73 Å². The normalized spacial score (nSPS) is 22.9. The van der Waals surface area contributed by atoms with Crippen LogP contribution in [0, 0.1) is 5.92 Å². The lowest BCUT2D eigenvalue weighted by Crippen LogP contribution is -2.53. The Morgan fingerprint density at radius 1 is 1.42 bits per heavy atom. The molecular formula is C16H24N2O. The van der Waals surface area contributed by atoms with E-state index in [0.717, 1.165) is 31.5 Å². The molecule has 2 unspecified atom stereocenters. The van der Waals surface area contributed by atoms with Gasteiger partial charge in [-0.25, -0.2) is 0 Å². The summed E-state index contributed by atoms with van der Waals surface area (Å²) in [5, 5.41) is 0. The van der Waals surface area contributed by atoms with Crippen LogP contribution in [0.5, 0.6) is 0 Å². The van der Waals surface area contributed by atoms with Crippen molar-refractivity contribution in [3.63, 3.8) is 0 Å². The van der Waals surface area contributed by atoms with Gasteiger partial charge in [-0.1, -0.05) is 43.7 Å². The average molecular weight is 260 g/mol. The lowest BCUT2D eigenvalue weighted by molar-refractivity contribution is -0.138. The standard InChI is InChI=1S/C16H24N2O/c1-3-13-8-7-11-18(12-13)15(19)16(2,17)14-9-5-4-6-10-14/h4-6,9-10,13H,3,7-8,11-12,17H2,1-2H3. The Morgan fingerprint density at radius 2 is 2.11 bits per heavy atom. The van der Waals surface area contributed by atoms with Crippen LogP contribution in [0.3, 0.4) is 0 Å². The molecule has 2 rings (SSSR count). The van der Waals surface area contributed by atoms with Gasteiger partial charge in [0.05, 0.1) is 0 Å². The highest BCUT2D eigenvalue weighted by molar-refractivity contribution is 5.87. The van der Waals surface area contributed by atoms with Crippen LogP contribution in [-0.4, -0.2) is 23.9 Å². The minimum Gasteiger partial charge on any atom is -0.341 e. The van der Waals surface area contributed by atoms with Gasteiger partial charge in [0.15, 0.2) is 0 Å². The first-order valence-electron chi connectivity index (χ1n) is 7.19. The Kier molecular flexibility index (Phi) is 4.25. The number of nitrogens with two attached hydrogens (primary N) is 1. The van der Waals surface area contributed by atoms with Crippen molar-refractivity contribution in [1.82, 2.24) is 4.90 Å². The highest BCUT2D eigenvalue weighted by Gasteiger charge is 2.36. The first-order valence-corrected chi connectivity index (χ1v) is 7.19. The topological polar surface area (TPSA) is 46.3 Å². The molecule has 3 heteroatoms. The van der Waals surface area contributed by atoms with Crippen molar-refractivity contribution >= 4 is 5.91 Å². The molecule has 2 atom stereocenters. The van der Waals surface area contributed by atoms with E-state index < -0.39 is 5.54 Å². The summed E-state index contributed by atoms with van der Waals surface area (Å²) in [5.41, 5.74) is 6.28. The molecule has 0 aromatic heterocycles. The van der Waals surface area contributed by atoms with Crippen molar-refractivity contribution in [2.75, 3.05) is 13.1 Å². The summed E-state index contributed by atoms with van der Waals surface area (Å²) in [7, 11) is 0. The van der Waals surface area contributed by atoms with Crippen LogP contribution >= 0.6 is 0 Å². The molecule has 1 amide bonds. The van der Waals surface area contributed by atoms with E-state index in [4.69, 9.17) is 5.73 Å². The molecule has 0 radical (unpaired) electrons. The second-order valence-electron chi connectivity index (χ2n) is 5.74. The Hall–Kier alpha value is -1.35. The zero-order valence-electron chi connectivity index (χ0n) is 11.9. The number of carbonyl (C=O) groups is 1. The maximum absolute atomic E-state index is 12.7. The quantitative estimate of drug-likeness (QED) is 0.907. The van der Waals surface area contributed by atoms with Gasteiger partial charge in [0.2, 0.25) is 5.91 Å². The second-order valence-corrected chi connectivity index (χ2v) is 5.74. The summed E-state index contributed by atoms with van der Waals surface area (Å²) in [6.07, 6.45) is 3.46. The van der Waals surface area contributed by atoms with Crippen molar-refractivity contribution in [3.05, 3.63) is 35.9 Å². The minimum atomic E-state index is -0.920. The summed E-state index contributed by atoms with van der Waals surface area (Å²) < 4.78 is 0. The van der Waals surface area contributed by atoms with Gasteiger partial charge in [0.1, 0.15) is 5.54 Å². The maximum Gasteiger partial charge on any atom is 0.246 e. The number of hydrogen-bond donors (Lipinski definition) is 1. The summed E-state index contributed by atoms with van der Waals surface area (Å²) in [4.78, 5) is 14.6. The van der Waals surface area contributed by atoms with Crippen molar-refractivity contribution < 1.29 is 4.79 Å². The number of piperidine rings is 1. The van der Waals surface area contributed by atoms with Crippen LogP contribution in [0.4, 0.5) is 0 Å². The predicted molar refractivity (Wildman–Crippen MR) is 77.6 cm³/mol. The molecule has 1 aliphatic heterocycles. The third-order valence-corrected chi connectivity index (χ3v) is 4.20. The molecule has 1 heterocycles. The summed E-state index contributed by atoms with van der Waals surface area (Å²) in [6, 6.07) is 9.66. The van der Waals surface area contributed by atoms with Crippen molar-refractivity contribution in [1.29, 1.82) is 0 Å². The Bertz CT molecular complexity index is 428. The Morgan fingerprint density at radius 3 is 2.74 bits per heavy atom. The van der Waals surface area contributed by atoms with Gasteiger partial charge in [0.25, 0.3) is 0 Å². The predicted octanol–water partition coefficient (Wildman–Crippen LogP) is 2.51. The second kappa shape index (κ2) is 5.74. The van der Waals surface area contributed by atoms with E-state index in [-0.39, 0.29) is 5.91 Å². The van der Waals surface area contributed by atoms with Gasteiger partial charge in [-0.2, -0.15) is 0 Å². The van der Waals surface area contributed by atoms with Crippen LogP contribution in [-0.2, 0) is 10.3 Å². The Labute approximate surface area is 115 Å². The molecule has 1 saturated heterocycles. The first-order chi connectivity index (χ1) is 9.05. The van der Waals surface area contributed by atoms with Gasteiger partial charge in [0, 0.05) is 13.1 Å². The molecule has 1 aromatic carbocycles. The summed E-state index contributed by atoms with van der Waals surface area (Å²) >= 11 is 0. The maximum atomic E-state index is 12.7. The van der Waals surface area contributed by atoms with Crippen molar-refractivity contribution in [2.45, 2.75) is 38.6 Å². The molecule has 0 bridgehead atoms.